The lowest BCUT2D eigenvalue weighted by atomic mass is 10.1. The van der Waals surface area contributed by atoms with Crippen molar-refractivity contribution in [3.8, 4) is 0 Å². The summed E-state index contributed by atoms with van der Waals surface area (Å²) in [5.74, 6) is 0. The highest BCUT2D eigenvalue weighted by molar-refractivity contribution is 8.03. The Bertz CT molecular complexity index is 502. The van der Waals surface area contributed by atoms with Crippen LogP contribution in [0.15, 0.2) is 29.4 Å². The Hall–Kier alpha value is -0.330. The first-order chi connectivity index (χ1) is 9.23. The Morgan fingerprint density at radius 1 is 1.30 bits per heavy atom. The number of ether oxygens (including phenoxy) is 1. The van der Waals surface area contributed by atoms with Crippen LogP contribution in [0.4, 0.5) is 4.79 Å². The molecule has 0 aromatic heterocycles. The van der Waals surface area contributed by atoms with Gasteiger partial charge in [-0.3, -0.25) is 0 Å². The summed E-state index contributed by atoms with van der Waals surface area (Å²) in [6.07, 6.45) is -0.755. The van der Waals surface area contributed by atoms with Gasteiger partial charge in [0.2, 0.25) is 0 Å². The fourth-order valence-electron chi connectivity index (χ4n) is 1.16. The molecule has 0 N–H and O–H groups in total. The number of carbonyl (C=O) groups is 1. The molecule has 9 heteroatoms. The zero-order valence-electron chi connectivity index (χ0n) is 10.4. The van der Waals surface area contributed by atoms with Crippen molar-refractivity contribution in [2.24, 2.45) is 5.10 Å². The Balaban J connectivity index is 2.99. The fraction of sp³-hybridized carbons (Fsp3) is 0.273. The van der Waals surface area contributed by atoms with Gasteiger partial charge < -0.3 is 4.74 Å². The summed E-state index contributed by atoms with van der Waals surface area (Å²) in [7, 11) is 1.21. The molecule has 0 aliphatic heterocycles. The second-order valence-corrected chi connectivity index (χ2v) is 8.00. The predicted molar refractivity (Wildman–Crippen MR) is 85.8 cm³/mol. The average Bonchev–Trinajstić information content (AvgIpc) is 2.36. The molecule has 0 aliphatic rings. The van der Waals surface area contributed by atoms with E-state index in [4.69, 9.17) is 46.4 Å². The van der Waals surface area contributed by atoms with Gasteiger partial charge in [-0.05, 0) is 24.6 Å². The van der Waals surface area contributed by atoms with E-state index in [0.717, 1.165) is 9.98 Å². The molecular weight excluding hydrogens is 366 g/mol. The molecule has 110 valence electrons. The lowest BCUT2D eigenvalue weighted by molar-refractivity contribution is 0.153. The number of nitrogens with zero attached hydrogens (tertiary/aromatic N) is 2. The quantitative estimate of drug-likeness (QED) is 0.319. The second kappa shape index (κ2) is 7.61. The normalized spacial score (nSPS) is 12.2. The van der Waals surface area contributed by atoms with Crippen LogP contribution in [-0.2, 0) is 4.74 Å². The summed E-state index contributed by atoms with van der Waals surface area (Å²) in [4.78, 5) is 11.6. The predicted octanol–water partition coefficient (Wildman–Crippen LogP) is 5.11. The Morgan fingerprint density at radius 2 is 1.85 bits per heavy atom. The molecule has 0 bridgehead atoms. The maximum Gasteiger partial charge on any atom is 0.440 e. The van der Waals surface area contributed by atoms with Gasteiger partial charge in [0.25, 0.3) is 3.12 Å². The zero-order chi connectivity index (χ0) is 15.3. The smallest absolute Gasteiger partial charge is 0.440 e. The SMILES string of the molecule is COC(=O)N(N=C(C)c1ccc(Cl)cc1)SC(Cl)(Cl)Cl. The maximum atomic E-state index is 11.6. The van der Waals surface area contributed by atoms with E-state index in [1.807, 2.05) is 0 Å². The largest absolute Gasteiger partial charge is 0.451 e. The minimum atomic E-state index is -1.74. The van der Waals surface area contributed by atoms with E-state index in [2.05, 4.69) is 9.84 Å². The van der Waals surface area contributed by atoms with E-state index in [1.165, 1.54) is 7.11 Å². The van der Waals surface area contributed by atoms with Crippen molar-refractivity contribution in [3.05, 3.63) is 34.9 Å². The number of halogens is 4. The van der Waals surface area contributed by atoms with Crippen molar-refractivity contribution >= 4 is 70.2 Å². The number of hydrogen-bond acceptors (Lipinski definition) is 4. The number of methoxy groups -OCH3 is 1. The van der Waals surface area contributed by atoms with E-state index in [-0.39, 0.29) is 0 Å². The summed E-state index contributed by atoms with van der Waals surface area (Å²) >= 11 is 23.3. The van der Waals surface area contributed by atoms with Crippen molar-refractivity contribution in [3.63, 3.8) is 0 Å². The number of amides is 1. The molecule has 4 nitrogen and oxygen atoms in total. The fourth-order valence-corrected chi connectivity index (χ4v) is 2.38. The minimum Gasteiger partial charge on any atom is -0.451 e. The number of hydrazone groups is 1. The number of carbonyl (C=O) groups excluding carboxylic acids is 1. The van der Waals surface area contributed by atoms with Crippen molar-refractivity contribution in [1.29, 1.82) is 0 Å². The van der Waals surface area contributed by atoms with Gasteiger partial charge in [0, 0.05) is 17.0 Å². The van der Waals surface area contributed by atoms with Crippen LogP contribution in [0.2, 0.25) is 5.02 Å². The first kappa shape index (κ1) is 17.7. The highest BCUT2D eigenvalue weighted by atomic mass is 35.6. The molecule has 0 unspecified atom stereocenters. The molecule has 0 saturated carbocycles. The van der Waals surface area contributed by atoms with Gasteiger partial charge in [-0.25, -0.2) is 4.79 Å². The van der Waals surface area contributed by atoms with Crippen LogP contribution in [0, 0.1) is 0 Å². The van der Waals surface area contributed by atoms with Gasteiger partial charge in [0.15, 0.2) is 0 Å². The lowest BCUT2D eigenvalue weighted by Gasteiger charge is -2.19. The number of hydrogen-bond donors (Lipinski definition) is 0. The Morgan fingerprint density at radius 3 is 2.30 bits per heavy atom. The van der Waals surface area contributed by atoms with Crippen molar-refractivity contribution in [1.82, 2.24) is 4.41 Å². The summed E-state index contributed by atoms with van der Waals surface area (Å²) in [5.41, 5.74) is 1.31. The molecule has 1 aromatic carbocycles. The molecule has 0 aliphatic carbocycles. The summed E-state index contributed by atoms with van der Waals surface area (Å²) in [5, 5.41) is 4.67. The molecular formula is C11H10Cl4N2O2S. The Labute approximate surface area is 141 Å². The molecule has 0 radical (unpaired) electrons. The molecule has 1 rings (SSSR count). The molecule has 0 fully saturated rings. The van der Waals surface area contributed by atoms with Crippen molar-refractivity contribution in [2.75, 3.05) is 7.11 Å². The topological polar surface area (TPSA) is 41.9 Å². The average molecular weight is 376 g/mol. The lowest BCUT2D eigenvalue weighted by Crippen LogP contribution is -2.23. The first-order valence-corrected chi connectivity index (χ1v) is 7.46. The second-order valence-electron chi connectivity index (χ2n) is 3.47. The van der Waals surface area contributed by atoms with E-state index in [0.29, 0.717) is 22.7 Å². The summed E-state index contributed by atoms with van der Waals surface area (Å²) in [6.45, 7) is 1.71. The van der Waals surface area contributed by atoms with Crippen LogP contribution in [0.1, 0.15) is 12.5 Å². The minimum absolute atomic E-state index is 0.536. The summed E-state index contributed by atoms with van der Waals surface area (Å²) < 4.78 is 3.71. The molecule has 0 atom stereocenters. The van der Waals surface area contributed by atoms with E-state index < -0.39 is 9.22 Å². The third-order valence-corrected chi connectivity index (χ3v) is 3.51. The van der Waals surface area contributed by atoms with E-state index >= 15 is 0 Å². The molecule has 0 saturated heterocycles. The molecule has 0 heterocycles. The van der Waals surface area contributed by atoms with Crippen LogP contribution in [0.5, 0.6) is 0 Å². The Kier molecular flexibility index (Phi) is 6.75. The van der Waals surface area contributed by atoms with Crippen LogP contribution in [0.25, 0.3) is 0 Å². The summed E-state index contributed by atoms with van der Waals surface area (Å²) in [6, 6.07) is 6.94. The van der Waals surface area contributed by atoms with Crippen LogP contribution in [0.3, 0.4) is 0 Å². The molecule has 0 spiro atoms. The monoisotopic (exact) mass is 374 g/mol. The number of rotatable bonds is 3. The van der Waals surface area contributed by atoms with Gasteiger partial charge in [0.05, 0.1) is 12.8 Å². The van der Waals surface area contributed by atoms with Gasteiger partial charge in [-0.15, -0.1) is 4.41 Å². The number of alkyl halides is 3. The van der Waals surface area contributed by atoms with E-state index in [1.54, 1.807) is 31.2 Å². The highest BCUT2D eigenvalue weighted by Crippen LogP contribution is 2.41. The third kappa shape index (κ3) is 5.97. The first-order valence-electron chi connectivity index (χ1n) is 5.18. The number of benzene rings is 1. The third-order valence-electron chi connectivity index (χ3n) is 2.02. The van der Waals surface area contributed by atoms with Gasteiger partial charge in [-0.1, -0.05) is 58.5 Å². The van der Waals surface area contributed by atoms with Crippen LogP contribution >= 0.6 is 58.4 Å². The van der Waals surface area contributed by atoms with Crippen molar-refractivity contribution < 1.29 is 9.53 Å². The molecule has 1 aromatic rings. The van der Waals surface area contributed by atoms with Gasteiger partial charge in [-0.2, -0.15) is 5.10 Å². The molecule has 20 heavy (non-hydrogen) atoms. The highest BCUT2D eigenvalue weighted by Gasteiger charge is 2.29. The van der Waals surface area contributed by atoms with Gasteiger partial charge in [0.1, 0.15) is 0 Å². The standard InChI is InChI=1S/C11H10Cl4N2O2S/c1-7(8-3-5-9(12)6-4-8)16-17(10(18)19-2)20-11(13,14)15/h3-6H,1-2H3. The van der Waals surface area contributed by atoms with E-state index in [9.17, 15) is 4.79 Å². The van der Waals surface area contributed by atoms with Crippen molar-refractivity contribution in [2.45, 2.75) is 10.0 Å². The van der Waals surface area contributed by atoms with Crippen LogP contribution < -0.4 is 0 Å². The maximum absolute atomic E-state index is 11.6. The zero-order valence-corrected chi connectivity index (χ0v) is 14.3. The van der Waals surface area contributed by atoms with Gasteiger partial charge >= 0.3 is 6.09 Å². The van der Waals surface area contributed by atoms with Crippen LogP contribution in [-0.4, -0.2) is 26.5 Å². The molecule has 1 amide bonds.